The summed E-state index contributed by atoms with van der Waals surface area (Å²) < 4.78 is 1.60. The molecular weight excluding hydrogens is 310 g/mol. The van der Waals surface area contributed by atoms with E-state index in [4.69, 9.17) is 4.98 Å². The molecule has 6 heteroatoms. The molecule has 2 heterocycles. The summed E-state index contributed by atoms with van der Waals surface area (Å²) in [5, 5.41) is 0.750. The Morgan fingerprint density at radius 2 is 2.04 bits per heavy atom. The highest BCUT2D eigenvalue weighted by atomic mass is 32.1. The Kier molecular flexibility index (Phi) is 4.38. The Morgan fingerprint density at radius 3 is 2.70 bits per heavy atom. The van der Waals surface area contributed by atoms with Gasteiger partial charge in [0.15, 0.2) is 5.78 Å². The summed E-state index contributed by atoms with van der Waals surface area (Å²) in [6, 6.07) is -0.478. The van der Waals surface area contributed by atoms with Crippen LogP contribution in [-0.4, -0.2) is 34.3 Å². The van der Waals surface area contributed by atoms with Gasteiger partial charge in [-0.2, -0.15) is 0 Å². The number of hydrogen-bond acceptors (Lipinski definition) is 5. The van der Waals surface area contributed by atoms with Crippen molar-refractivity contribution >= 4 is 27.3 Å². The van der Waals surface area contributed by atoms with Crippen molar-refractivity contribution in [3.63, 3.8) is 0 Å². The van der Waals surface area contributed by atoms with E-state index in [0.717, 1.165) is 29.5 Å². The molecule has 5 nitrogen and oxygen atoms in total. The molecule has 1 aliphatic carbocycles. The average molecular weight is 333 g/mol. The van der Waals surface area contributed by atoms with Crippen LogP contribution in [0.2, 0.25) is 0 Å². The number of carbonyl (C=O) groups is 1. The van der Waals surface area contributed by atoms with Gasteiger partial charge in [0.1, 0.15) is 10.7 Å². The predicted molar refractivity (Wildman–Crippen MR) is 93.3 cm³/mol. The molecule has 0 saturated heterocycles. The highest BCUT2D eigenvalue weighted by Gasteiger charge is 2.25. The number of Topliss-reactive ketones (excluding diaryl/α,β-unsaturated/α-hetero) is 1. The monoisotopic (exact) mass is 333 g/mol. The van der Waals surface area contributed by atoms with Crippen LogP contribution in [0.25, 0.3) is 10.2 Å². The summed E-state index contributed by atoms with van der Waals surface area (Å²) in [4.78, 5) is 34.0. The Bertz CT molecular complexity index is 819. The van der Waals surface area contributed by atoms with Gasteiger partial charge in [-0.25, -0.2) is 4.98 Å². The third kappa shape index (κ3) is 2.85. The zero-order valence-corrected chi connectivity index (χ0v) is 15.0. The number of carbonyl (C=O) groups excluding carboxylic acids is 1. The minimum absolute atomic E-state index is 0.0163. The van der Waals surface area contributed by atoms with Crippen LogP contribution in [0.5, 0.6) is 0 Å². The molecule has 0 saturated carbocycles. The second-order valence-electron chi connectivity index (χ2n) is 6.62. The van der Waals surface area contributed by atoms with Crippen LogP contribution in [0.4, 0.5) is 0 Å². The van der Waals surface area contributed by atoms with Crippen molar-refractivity contribution in [2.45, 2.75) is 52.1 Å². The topological polar surface area (TPSA) is 55.2 Å². The Balaban J connectivity index is 2.30. The molecule has 1 aliphatic rings. The van der Waals surface area contributed by atoms with Crippen molar-refractivity contribution < 1.29 is 4.79 Å². The number of rotatable bonds is 4. The molecule has 0 spiro atoms. The Morgan fingerprint density at radius 1 is 1.35 bits per heavy atom. The lowest BCUT2D eigenvalue weighted by molar-refractivity contribution is -0.119. The molecule has 1 atom stereocenters. The molecule has 2 aromatic rings. The molecule has 0 aliphatic heterocycles. The smallest absolute Gasteiger partial charge is 0.263 e. The minimum Gasteiger partial charge on any atom is -0.302 e. The first-order chi connectivity index (χ1) is 10.9. The van der Waals surface area contributed by atoms with E-state index in [1.54, 1.807) is 22.8 Å². The van der Waals surface area contributed by atoms with Gasteiger partial charge >= 0.3 is 0 Å². The van der Waals surface area contributed by atoms with Crippen LogP contribution in [0.3, 0.4) is 0 Å². The van der Waals surface area contributed by atoms with Crippen LogP contribution < -0.4 is 5.56 Å². The molecule has 0 N–H and O–H groups in total. The molecule has 23 heavy (non-hydrogen) atoms. The summed E-state index contributed by atoms with van der Waals surface area (Å²) in [6.45, 7) is 3.87. The van der Waals surface area contributed by atoms with Crippen LogP contribution in [0.1, 0.15) is 49.0 Å². The van der Waals surface area contributed by atoms with Crippen LogP contribution in [0.15, 0.2) is 4.79 Å². The van der Waals surface area contributed by atoms with Gasteiger partial charge in [0, 0.05) is 4.88 Å². The molecule has 0 amide bonds. The highest BCUT2D eigenvalue weighted by Crippen LogP contribution is 2.34. The SMILES string of the molecule is CC(=O)C(C)n1c(CN(C)C)nc2sc3c(c2c1=O)CCCC3. The minimum atomic E-state index is -0.478. The number of aromatic nitrogens is 2. The Hall–Kier alpha value is -1.53. The zero-order valence-electron chi connectivity index (χ0n) is 14.2. The normalized spacial score (nSPS) is 15.9. The lowest BCUT2D eigenvalue weighted by atomic mass is 9.97. The van der Waals surface area contributed by atoms with Crippen molar-refractivity contribution in [3.05, 3.63) is 26.6 Å². The van der Waals surface area contributed by atoms with Gasteiger partial charge < -0.3 is 4.90 Å². The predicted octanol–water partition coefficient (Wildman–Crippen LogP) is 2.55. The van der Waals surface area contributed by atoms with Gasteiger partial charge in [0.05, 0.1) is 18.0 Å². The van der Waals surface area contributed by atoms with E-state index in [1.165, 1.54) is 23.8 Å². The zero-order chi connectivity index (χ0) is 16.7. The molecule has 0 radical (unpaired) electrons. The van der Waals surface area contributed by atoms with Crippen molar-refractivity contribution in [3.8, 4) is 0 Å². The maximum atomic E-state index is 13.2. The third-order valence-corrected chi connectivity index (χ3v) is 5.71. The lowest BCUT2D eigenvalue weighted by Crippen LogP contribution is -2.33. The van der Waals surface area contributed by atoms with E-state index in [2.05, 4.69) is 0 Å². The van der Waals surface area contributed by atoms with E-state index in [-0.39, 0.29) is 11.3 Å². The number of fused-ring (bicyclic) bond motifs is 3. The van der Waals surface area contributed by atoms with Crippen LogP contribution in [-0.2, 0) is 24.2 Å². The van der Waals surface area contributed by atoms with E-state index >= 15 is 0 Å². The molecule has 0 bridgehead atoms. The summed E-state index contributed by atoms with van der Waals surface area (Å²) in [5.41, 5.74) is 1.13. The second-order valence-corrected chi connectivity index (χ2v) is 7.70. The van der Waals surface area contributed by atoms with Gasteiger partial charge in [0.2, 0.25) is 0 Å². The van der Waals surface area contributed by atoms with Gasteiger partial charge in [-0.1, -0.05) is 0 Å². The standard InChI is InChI=1S/C17H23N3O2S/c1-10(11(2)21)20-14(9-19(3)4)18-16-15(17(20)22)12-7-5-6-8-13(12)23-16/h10H,5-9H2,1-4H3. The highest BCUT2D eigenvalue weighted by molar-refractivity contribution is 7.18. The first-order valence-electron chi connectivity index (χ1n) is 8.11. The molecule has 0 aromatic carbocycles. The quantitative estimate of drug-likeness (QED) is 0.863. The van der Waals surface area contributed by atoms with Crippen LogP contribution >= 0.6 is 11.3 Å². The fourth-order valence-corrected chi connectivity index (χ4v) is 4.51. The molecule has 0 fully saturated rings. The fourth-order valence-electron chi connectivity index (χ4n) is 3.24. The molecule has 1 unspecified atom stereocenters. The molecule has 2 aromatic heterocycles. The maximum Gasteiger partial charge on any atom is 0.263 e. The largest absolute Gasteiger partial charge is 0.302 e. The van der Waals surface area contributed by atoms with E-state index < -0.39 is 6.04 Å². The maximum absolute atomic E-state index is 13.2. The number of ketones is 1. The van der Waals surface area contributed by atoms with E-state index in [9.17, 15) is 9.59 Å². The van der Waals surface area contributed by atoms with Gasteiger partial charge in [-0.3, -0.25) is 14.2 Å². The third-order valence-electron chi connectivity index (χ3n) is 4.53. The van der Waals surface area contributed by atoms with Gasteiger partial charge in [-0.15, -0.1) is 11.3 Å². The number of thiophene rings is 1. The average Bonchev–Trinajstić information content (AvgIpc) is 2.84. The van der Waals surface area contributed by atoms with Gasteiger partial charge in [-0.05, 0) is 59.2 Å². The molecule has 124 valence electrons. The van der Waals surface area contributed by atoms with E-state index in [1.807, 2.05) is 19.0 Å². The van der Waals surface area contributed by atoms with Crippen molar-refractivity contribution in [1.82, 2.24) is 14.5 Å². The van der Waals surface area contributed by atoms with E-state index in [0.29, 0.717) is 12.4 Å². The first kappa shape index (κ1) is 16.3. The summed E-state index contributed by atoms with van der Waals surface area (Å²) in [5.74, 6) is 0.658. The first-order valence-corrected chi connectivity index (χ1v) is 8.92. The van der Waals surface area contributed by atoms with Gasteiger partial charge in [0.25, 0.3) is 5.56 Å². The number of aryl methyl sites for hydroxylation is 2. The summed E-state index contributed by atoms with van der Waals surface area (Å²) >= 11 is 1.66. The number of nitrogens with zero attached hydrogens (tertiary/aromatic N) is 3. The summed E-state index contributed by atoms with van der Waals surface area (Å²) in [7, 11) is 3.89. The molecule has 3 rings (SSSR count). The second kappa shape index (κ2) is 6.17. The number of hydrogen-bond donors (Lipinski definition) is 0. The lowest BCUT2D eigenvalue weighted by Gasteiger charge is -2.19. The van der Waals surface area contributed by atoms with Crippen molar-refractivity contribution in [2.75, 3.05) is 14.1 Å². The van der Waals surface area contributed by atoms with Crippen molar-refractivity contribution in [2.24, 2.45) is 0 Å². The fraction of sp³-hybridized carbons (Fsp3) is 0.588. The molecular formula is C17H23N3O2S. The summed E-state index contributed by atoms with van der Waals surface area (Å²) in [6.07, 6.45) is 4.30. The Labute approximate surface area is 139 Å². The van der Waals surface area contributed by atoms with Crippen LogP contribution in [0, 0.1) is 0 Å². The van der Waals surface area contributed by atoms with Crippen molar-refractivity contribution in [1.29, 1.82) is 0 Å².